The highest BCUT2D eigenvalue weighted by Gasteiger charge is 2.48. The molecule has 1 amide bonds. The molecule has 1 aliphatic rings. The van der Waals surface area contributed by atoms with Crippen LogP contribution in [-0.4, -0.2) is 28.4 Å². The van der Waals surface area contributed by atoms with Crippen LogP contribution in [-0.2, 0) is 16.0 Å². The minimum atomic E-state index is -0.808. The summed E-state index contributed by atoms with van der Waals surface area (Å²) in [7, 11) is 0. The van der Waals surface area contributed by atoms with Crippen LogP contribution in [0, 0.1) is 13.8 Å². The number of hydrogen-bond acceptors (Lipinski definition) is 6. The molecule has 0 radical (unpaired) electrons. The molecule has 7 heteroatoms. The molecular weight excluding hydrogens is 484 g/mol. The third-order valence-corrected chi connectivity index (χ3v) is 7.68. The molecule has 5 rings (SSSR count). The van der Waals surface area contributed by atoms with E-state index in [1.165, 1.54) is 16.2 Å². The Bertz CT molecular complexity index is 1550. The lowest BCUT2D eigenvalue weighted by Crippen LogP contribution is -2.29. The van der Waals surface area contributed by atoms with Gasteiger partial charge in [0.1, 0.15) is 11.5 Å². The molecule has 0 spiro atoms. The Balaban J connectivity index is 1.71. The summed E-state index contributed by atoms with van der Waals surface area (Å²) in [4.78, 5) is 33.2. The van der Waals surface area contributed by atoms with Gasteiger partial charge in [0, 0.05) is 5.56 Å². The molecule has 6 nitrogen and oxygen atoms in total. The number of amides is 1. The molecule has 188 valence electrons. The lowest BCUT2D eigenvalue weighted by Gasteiger charge is -2.23. The Kier molecular flexibility index (Phi) is 6.56. The number of benzene rings is 3. The van der Waals surface area contributed by atoms with Gasteiger partial charge < -0.3 is 9.84 Å². The summed E-state index contributed by atoms with van der Waals surface area (Å²) >= 11 is 1.32. The Labute approximate surface area is 219 Å². The molecule has 2 heterocycles. The number of ether oxygens (including phenoxy) is 1. The van der Waals surface area contributed by atoms with Crippen LogP contribution in [0.4, 0.5) is 5.13 Å². The summed E-state index contributed by atoms with van der Waals surface area (Å²) in [6.45, 7) is 8.32. The molecule has 1 N–H and O–H groups in total. The van der Waals surface area contributed by atoms with E-state index in [0.29, 0.717) is 28.6 Å². The van der Waals surface area contributed by atoms with Crippen molar-refractivity contribution in [2.75, 3.05) is 11.5 Å². The molecule has 1 atom stereocenters. The zero-order valence-electron chi connectivity index (χ0n) is 21.2. The molecule has 1 aliphatic heterocycles. The molecule has 0 bridgehead atoms. The van der Waals surface area contributed by atoms with E-state index in [1.54, 1.807) is 0 Å². The van der Waals surface area contributed by atoms with E-state index in [2.05, 4.69) is 6.92 Å². The Morgan fingerprint density at radius 1 is 1.03 bits per heavy atom. The highest BCUT2D eigenvalue weighted by molar-refractivity contribution is 7.22. The maximum Gasteiger partial charge on any atom is 0.301 e. The predicted octanol–water partition coefficient (Wildman–Crippen LogP) is 6.50. The number of carbonyl (C=O) groups excluding carboxylic acids is 2. The summed E-state index contributed by atoms with van der Waals surface area (Å²) < 4.78 is 6.47. The number of aliphatic hydroxyl groups is 1. The minimum Gasteiger partial charge on any atom is -0.507 e. The largest absolute Gasteiger partial charge is 0.507 e. The first-order chi connectivity index (χ1) is 17.8. The second-order valence-electron chi connectivity index (χ2n) is 9.14. The van der Waals surface area contributed by atoms with Crippen LogP contribution >= 0.6 is 11.3 Å². The van der Waals surface area contributed by atoms with Crippen LogP contribution in [0.15, 0.2) is 66.2 Å². The van der Waals surface area contributed by atoms with Crippen LogP contribution < -0.4 is 9.64 Å². The molecule has 4 aromatic rings. The summed E-state index contributed by atoms with van der Waals surface area (Å²) in [5.74, 6) is -0.891. The average molecular weight is 513 g/mol. The predicted molar refractivity (Wildman–Crippen MR) is 147 cm³/mol. The number of aromatic nitrogens is 1. The van der Waals surface area contributed by atoms with Gasteiger partial charge in [0.05, 0.1) is 28.4 Å². The van der Waals surface area contributed by atoms with Crippen LogP contribution in [0.1, 0.15) is 47.7 Å². The molecule has 0 saturated carbocycles. The number of rotatable bonds is 6. The van der Waals surface area contributed by atoms with Crippen molar-refractivity contribution in [1.82, 2.24) is 4.98 Å². The zero-order chi connectivity index (χ0) is 26.3. The van der Waals surface area contributed by atoms with Crippen molar-refractivity contribution in [3.63, 3.8) is 0 Å². The third kappa shape index (κ3) is 4.40. The number of aliphatic hydroxyl groups excluding tert-OH is 1. The third-order valence-electron chi connectivity index (χ3n) is 6.66. The smallest absolute Gasteiger partial charge is 0.301 e. The van der Waals surface area contributed by atoms with Crippen molar-refractivity contribution >= 4 is 44.1 Å². The summed E-state index contributed by atoms with van der Waals surface area (Å²) in [5, 5.41) is 11.9. The van der Waals surface area contributed by atoms with E-state index in [-0.39, 0.29) is 11.3 Å². The number of ketones is 1. The van der Waals surface area contributed by atoms with Crippen molar-refractivity contribution in [1.29, 1.82) is 0 Å². The molecule has 1 fully saturated rings. The number of aryl methyl sites for hydroxylation is 3. The molecule has 1 saturated heterocycles. The number of anilines is 1. The van der Waals surface area contributed by atoms with Gasteiger partial charge in [-0.2, -0.15) is 0 Å². The van der Waals surface area contributed by atoms with E-state index < -0.39 is 17.7 Å². The van der Waals surface area contributed by atoms with E-state index in [9.17, 15) is 14.7 Å². The fourth-order valence-electron chi connectivity index (χ4n) is 4.67. The van der Waals surface area contributed by atoms with Gasteiger partial charge in [-0.05, 0) is 68.1 Å². The van der Waals surface area contributed by atoms with E-state index in [4.69, 9.17) is 9.72 Å². The highest BCUT2D eigenvalue weighted by Crippen LogP contribution is 2.45. The number of hydrogen-bond donors (Lipinski definition) is 1. The molecule has 3 aromatic carbocycles. The quantitative estimate of drug-likeness (QED) is 0.181. The first-order valence-electron chi connectivity index (χ1n) is 12.3. The lowest BCUT2D eigenvalue weighted by atomic mass is 9.93. The summed E-state index contributed by atoms with van der Waals surface area (Å²) in [6, 6.07) is 18.2. The maximum atomic E-state index is 13.5. The van der Waals surface area contributed by atoms with Gasteiger partial charge >= 0.3 is 5.91 Å². The maximum absolute atomic E-state index is 13.5. The number of thiazole rings is 1. The molecule has 1 unspecified atom stereocenters. The fourth-order valence-corrected chi connectivity index (χ4v) is 5.69. The fraction of sp³-hybridized carbons (Fsp3) is 0.233. The number of carbonyl (C=O) groups is 2. The van der Waals surface area contributed by atoms with Gasteiger partial charge in [0.15, 0.2) is 5.13 Å². The topological polar surface area (TPSA) is 79.7 Å². The van der Waals surface area contributed by atoms with E-state index in [0.717, 1.165) is 33.4 Å². The summed E-state index contributed by atoms with van der Waals surface area (Å²) in [6.07, 6.45) is 0.864. The minimum absolute atomic E-state index is 0.0669. The normalized spacial score (nSPS) is 17.1. The van der Waals surface area contributed by atoms with Gasteiger partial charge in [0.25, 0.3) is 5.78 Å². The first kappa shape index (κ1) is 24.7. The Hall–Kier alpha value is -3.97. The Morgan fingerprint density at radius 3 is 2.49 bits per heavy atom. The second kappa shape index (κ2) is 9.82. The summed E-state index contributed by atoms with van der Waals surface area (Å²) in [5.41, 5.74) is 4.95. The van der Waals surface area contributed by atoms with E-state index in [1.807, 2.05) is 81.4 Å². The van der Waals surface area contributed by atoms with Gasteiger partial charge in [0.2, 0.25) is 0 Å². The van der Waals surface area contributed by atoms with Gasteiger partial charge in [-0.15, -0.1) is 0 Å². The molecule has 0 aliphatic carbocycles. The number of Topliss-reactive ketones (excluding diaryl/α,β-unsaturated/α-hetero) is 1. The van der Waals surface area contributed by atoms with Gasteiger partial charge in [-0.25, -0.2) is 4.98 Å². The highest BCUT2D eigenvalue weighted by atomic mass is 32.1. The van der Waals surface area contributed by atoms with Crippen molar-refractivity contribution in [2.45, 2.75) is 40.2 Å². The van der Waals surface area contributed by atoms with Crippen molar-refractivity contribution in [3.8, 4) is 5.75 Å². The van der Waals surface area contributed by atoms with Crippen LogP contribution in [0.5, 0.6) is 5.75 Å². The zero-order valence-corrected chi connectivity index (χ0v) is 22.1. The monoisotopic (exact) mass is 512 g/mol. The first-order valence-corrected chi connectivity index (χ1v) is 13.1. The molecule has 37 heavy (non-hydrogen) atoms. The van der Waals surface area contributed by atoms with Crippen LogP contribution in [0.3, 0.4) is 0 Å². The molecular formula is C30H28N2O4S. The lowest BCUT2D eigenvalue weighted by molar-refractivity contribution is -0.132. The van der Waals surface area contributed by atoms with Crippen LogP contribution in [0.2, 0.25) is 0 Å². The van der Waals surface area contributed by atoms with Gasteiger partial charge in [-0.3, -0.25) is 14.5 Å². The Morgan fingerprint density at radius 2 is 1.78 bits per heavy atom. The van der Waals surface area contributed by atoms with Crippen molar-refractivity contribution in [2.24, 2.45) is 0 Å². The van der Waals surface area contributed by atoms with E-state index >= 15 is 0 Å². The second-order valence-corrected chi connectivity index (χ2v) is 10.2. The average Bonchev–Trinajstić information content (AvgIpc) is 3.43. The number of fused-ring (bicyclic) bond motifs is 1. The van der Waals surface area contributed by atoms with Crippen molar-refractivity contribution in [3.05, 3.63) is 94.1 Å². The standard InChI is InChI=1S/C30H28N2O4S/c1-5-19-9-11-20(12-10-19)26-25(27(33)22-15-17(3)7-8-18(22)4)28(34)29(35)32(26)30-31-23-14-13-21(36-6-2)16-24(23)37-30/h7-16,26,33H,5-6H2,1-4H3. The SMILES string of the molecule is CCOc1ccc2nc(N3C(=O)C(=O)C(=C(O)c4cc(C)ccc4C)C3c3ccc(CC)cc3)sc2c1. The van der Waals surface area contributed by atoms with Crippen molar-refractivity contribution < 1.29 is 19.4 Å². The van der Waals surface area contributed by atoms with Crippen LogP contribution in [0.25, 0.3) is 16.0 Å². The number of nitrogens with zero attached hydrogens (tertiary/aromatic N) is 2. The molecule has 1 aromatic heterocycles. The van der Waals surface area contributed by atoms with Gasteiger partial charge in [-0.1, -0.05) is 60.2 Å².